The number of hydrogen-bond donors (Lipinski definition) is 1. The van der Waals surface area contributed by atoms with Crippen LogP contribution < -0.4 is 5.32 Å². The number of benzene rings is 1. The van der Waals surface area contributed by atoms with Crippen molar-refractivity contribution in [2.75, 3.05) is 26.4 Å². The van der Waals surface area contributed by atoms with Crippen LogP contribution in [-0.2, 0) is 9.47 Å². The van der Waals surface area contributed by atoms with E-state index in [9.17, 15) is 0 Å². The second-order valence-electron chi connectivity index (χ2n) is 5.91. The maximum absolute atomic E-state index is 6.27. The third-order valence-corrected chi connectivity index (χ3v) is 4.31. The lowest BCUT2D eigenvalue weighted by Crippen LogP contribution is -2.50. The van der Waals surface area contributed by atoms with Crippen molar-refractivity contribution in [1.29, 1.82) is 0 Å². The van der Waals surface area contributed by atoms with Crippen molar-refractivity contribution in [3.63, 3.8) is 0 Å². The fourth-order valence-electron chi connectivity index (χ4n) is 3.18. The summed E-state index contributed by atoms with van der Waals surface area (Å²) in [6, 6.07) is 9.09. The molecule has 0 radical (unpaired) electrons. The number of nitrogens with one attached hydrogen (secondary N) is 1. The Hall–Kier alpha value is -0.900. The van der Waals surface area contributed by atoms with Gasteiger partial charge in [-0.1, -0.05) is 36.8 Å². The maximum Gasteiger partial charge on any atom is 0.0919 e. The summed E-state index contributed by atoms with van der Waals surface area (Å²) in [5.74, 6) is 0. The van der Waals surface area contributed by atoms with E-state index in [1.165, 1.54) is 11.1 Å². The van der Waals surface area contributed by atoms with Gasteiger partial charge in [0.2, 0.25) is 0 Å². The average molecular weight is 291 g/mol. The normalized spacial score (nSPS) is 19.4. The standard InChI is InChI=1S/C18H29NO2/c1-4-12-19-17(16-8-6-15(3)7-9-16)18(21-5-2)10-13-20-14-11-18/h6-9,17,19H,4-5,10-14H2,1-3H3. The summed E-state index contributed by atoms with van der Waals surface area (Å²) in [6.07, 6.45) is 3.03. The molecule has 1 heterocycles. The van der Waals surface area contributed by atoms with Crippen molar-refractivity contribution < 1.29 is 9.47 Å². The number of rotatable bonds is 7. The van der Waals surface area contributed by atoms with Crippen LogP contribution >= 0.6 is 0 Å². The molecule has 0 bridgehead atoms. The molecule has 1 aromatic carbocycles. The highest BCUT2D eigenvalue weighted by Gasteiger charge is 2.41. The van der Waals surface area contributed by atoms with Crippen molar-refractivity contribution in [3.8, 4) is 0 Å². The largest absolute Gasteiger partial charge is 0.381 e. The molecule has 118 valence electrons. The first kappa shape index (κ1) is 16.5. The van der Waals surface area contributed by atoms with Gasteiger partial charge in [-0.2, -0.15) is 0 Å². The highest BCUT2D eigenvalue weighted by Crippen LogP contribution is 2.38. The Morgan fingerprint density at radius 3 is 2.43 bits per heavy atom. The molecule has 1 saturated heterocycles. The summed E-state index contributed by atoms with van der Waals surface area (Å²) in [4.78, 5) is 0. The highest BCUT2D eigenvalue weighted by atomic mass is 16.5. The van der Waals surface area contributed by atoms with Crippen LogP contribution in [-0.4, -0.2) is 32.0 Å². The third kappa shape index (κ3) is 4.06. The van der Waals surface area contributed by atoms with E-state index in [-0.39, 0.29) is 11.6 Å². The second kappa shape index (κ2) is 7.92. The van der Waals surface area contributed by atoms with Gasteiger partial charge < -0.3 is 14.8 Å². The summed E-state index contributed by atoms with van der Waals surface area (Å²) in [7, 11) is 0. The van der Waals surface area contributed by atoms with Crippen LogP contribution in [0.2, 0.25) is 0 Å². The van der Waals surface area contributed by atoms with Crippen molar-refractivity contribution in [2.24, 2.45) is 0 Å². The predicted molar refractivity (Wildman–Crippen MR) is 86.6 cm³/mol. The highest BCUT2D eigenvalue weighted by molar-refractivity contribution is 5.27. The summed E-state index contributed by atoms with van der Waals surface area (Å²) in [5, 5.41) is 3.72. The zero-order chi connectivity index (χ0) is 15.1. The lowest BCUT2D eigenvalue weighted by molar-refractivity contribution is -0.128. The third-order valence-electron chi connectivity index (χ3n) is 4.31. The molecular weight excluding hydrogens is 262 g/mol. The molecule has 1 unspecified atom stereocenters. The molecule has 1 aliphatic rings. The number of hydrogen-bond acceptors (Lipinski definition) is 3. The molecule has 1 fully saturated rings. The first-order valence-corrected chi connectivity index (χ1v) is 8.23. The van der Waals surface area contributed by atoms with E-state index in [0.717, 1.165) is 45.6 Å². The molecule has 0 spiro atoms. The Labute approximate surface area is 129 Å². The van der Waals surface area contributed by atoms with E-state index in [4.69, 9.17) is 9.47 Å². The molecule has 2 rings (SSSR count). The summed E-state index contributed by atoms with van der Waals surface area (Å²) in [6.45, 7) is 9.75. The van der Waals surface area contributed by atoms with Gasteiger partial charge in [-0.3, -0.25) is 0 Å². The molecule has 0 aromatic heterocycles. The molecule has 1 atom stereocenters. The van der Waals surface area contributed by atoms with E-state index >= 15 is 0 Å². The summed E-state index contributed by atoms with van der Waals surface area (Å²) in [5.41, 5.74) is 2.48. The summed E-state index contributed by atoms with van der Waals surface area (Å²) >= 11 is 0. The van der Waals surface area contributed by atoms with Crippen molar-refractivity contribution in [3.05, 3.63) is 35.4 Å². The van der Waals surface area contributed by atoms with E-state index in [1.54, 1.807) is 0 Å². The van der Waals surface area contributed by atoms with Gasteiger partial charge >= 0.3 is 0 Å². The number of ether oxygens (including phenoxy) is 2. The van der Waals surface area contributed by atoms with E-state index < -0.39 is 0 Å². The minimum absolute atomic E-state index is 0.141. The van der Waals surface area contributed by atoms with Gasteiger partial charge in [0.05, 0.1) is 11.6 Å². The quantitative estimate of drug-likeness (QED) is 0.832. The van der Waals surface area contributed by atoms with Gasteiger partial charge in [0, 0.05) is 32.7 Å². The van der Waals surface area contributed by atoms with Crippen LogP contribution in [0, 0.1) is 6.92 Å². The maximum atomic E-state index is 6.27. The van der Waals surface area contributed by atoms with Crippen molar-refractivity contribution in [2.45, 2.75) is 51.7 Å². The van der Waals surface area contributed by atoms with E-state index in [0.29, 0.717) is 0 Å². The van der Waals surface area contributed by atoms with Gasteiger partial charge in [0.1, 0.15) is 0 Å². The molecule has 0 saturated carbocycles. The predicted octanol–water partition coefficient (Wildman–Crippen LogP) is 3.62. The molecular formula is C18H29NO2. The van der Waals surface area contributed by atoms with Gasteiger partial charge in [-0.15, -0.1) is 0 Å². The first-order valence-electron chi connectivity index (χ1n) is 8.23. The van der Waals surface area contributed by atoms with Crippen LogP contribution in [0.4, 0.5) is 0 Å². The molecule has 1 N–H and O–H groups in total. The smallest absolute Gasteiger partial charge is 0.0919 e. The summed E-state index contributed by atoms with van der Waals surface area (Å²) < 4.78 is 11.8. The van der Waals surface area contributed by atoms with Crippen LogP contribution in [0.25, 0.3) is 0 Å². The number of aryl methyl sites for hydroxylation is 1. The minimum atomic E-state index is -0.141. The molecule has 3 heteroatoms. The van der Waals surface area contributed by atoms with Crippen LogP contribution in [0.5, 0.6) is 0 Å². The molecule has 1 aromatic rings. The zero-order valence-electron chi connectivity index (χ0n) is 13.7. The van der Waals surface area contributed by atoms with E-state index in [2.05, 4.69) is 50.4 Å². The van der Waals surface area contributed by atoms with Gasteiger partial charge in [-0.05, 0) is 32.4 Å². The monoisotopic (exact) mass is 291 g/mol. The Morgan fingerprint density at radius 2 is 1.86 bits per heavy atom. The molecule has 1 aliphatic heterocycles. The fraction of sp³-hybridized carbons (Fsp3) is 0.667. The second-order valence-corrected chi connectivity index (χ2v) is 5.91. The Morgan fingerprint density at radius 1 is 1.19 bits per heavy atom. The van der Waals surface area contributed by atoms with Crippen molar-refractivity contribution >= 4 is 0 Å². The zero-order valence-corrected chi connectivity index (χ0v) is 13.7. The van der Waals surface area contributed by atoms with Crippen LogP contribution in [0.1, 0.15) is 50.3 Å². The first-order chi connectivity index (χ1) is 10.2. The minimum Gasteiger partial charge on any atom is -0.381 e. The topological polar surface area (TPSA) is 30.5 Å². The van der Waals surface area contributed by atoms with Gasteiger partial charge in [-0.25, -0.2) is 0 Å². The molecule has 0 aliphatic carbocycles. The van der Waals surface area contributed by atoms with Crippen LogP contribution in [0.3, 0.4) is 0 Å². The Balaban J connectivity index is 2.29. The van der Waals surface area contributed by atoms with Gasteiger partial charge in [0.15, 0.2) is 0 Å². The lowest BCUT2D eigenvalue weighted by Gasteiger charge is -2.43. The molecule has 0 amide bonds. The van der Waals surface area contributed by atoms with E-state index in [1.807, 2.05) is 0 Å². The van der Waals surface area contributed by atoms with Gasteiger partial charge in [0.25, 0.3) is 0 Å². The van der Waals surface area contributed by atoms with Crippen molar-refractivity contribution in [1.82, 2.24) is 5.32 Å². The van der Waals surface area contributed by atoms with Crippen LogP contribution in [0.15, 0.2) is 24.3 Å². The Bertz CT molecular complexity index is 404. The SMILES string of the molecule is CCCNC(c1ccc(C)cc1)C1(OCC)CCOCC1. The average Bonchev–Trinajstić information content (AvgIpc) is 2.50. The Kier molecular flexibility index (Phi) is 6.22. The molecule has 3 nitrogen and oxygen atoms in total. The molecule has 21 heavy (non-hydrogen) atoms. The lowest BCUT2D eigenvalue weighted by atomic mass is 9.81. The fourth-order valence-corrected chi connectivity index (χ4v) is 3.18.